The standard InChI is InChI=1S/C30H29FN4O/c31-25-8-5-9-26(19-25)34-29-28(11-6-16-32-29)30(36)33-20-24-7-1-2-10-27(24)23-14-12-22(13-15-23)21-35-17-3-4-18-35/h1-2,5-16,19H,3-4,17-18,20-21H2,(H,32,34)(H,33,36). The van der Waals surface area contributed by atoms with E-state index in [-0.39, 0.29) is 11.7 Å². The van der Waals surface area contributed by atoms with Crippen molar-refractivity contribution in [3.05, 3.63) is 114 Å². The molecule has 3 aromatic carbocycles. The van der Waals surface area contributed by atoms with Crippen LogP contribution in [0.5, 0.6) is 0 Å². The molecule has 1 fully saturated rings. The van der Waals surface area contributed by atoms with Gasteiger partial charge in [-0.15, -0.1) is 0 Å². The van der Waals surface area contributed by atoms with Crippen LogP contribution in [0.25, 0.3) is 11.1 Å². The highest BCUT2D eigenvalue weighted by atomic mass is 19.1. The number of rotatable bonds is 8. The fourth-order valence-corrected chi connectivity index (χ4v) is 4.61. The van der Waals surface area contributed by atoms with Crippen molar-refractivity contribution in [3.63, 3.8) is 0 Å². The van der Waals surface area contributed by atoms with Crippen LogP contribution < -0.4 is 10.6 Å². The molecule has 0 aliphatic carbocycles. The summed E-state index contributed by atoms with van der Waals surface area (Å²) in [6, 6.07) is 26.3. The minimum absolute atomic E-state index is 0.252. The summed E-state index contributed by atoms with van der Waals surface area (Å²) in [4.78, 5) is 19.9. The first-order chi connectivity index (χ1) is 17.7. The number of pyridine rings is 1. The molecule has 0 atom stereocenters. The van der Waals surface area contributed by atoms with E-state index in [1.54, 1.807) is 30.5 Å². The molecule has 0 spiro atoms. The molecule has 182 valence electrons. The molecule has 0 radical (unpaired) electrons. The van der Waals surface area contributed by atoms with Gasteiger partial charge in [0.15, 0.2) is 0 Å². The van der Waals surface area contributed by atoms with E-state index in [4.69, 9.17) is 0 Å². The summed E-state index contributed by atoms with van der Waals surface area (Å²) in [5, 5.41) is 6.07. The van der Waals surface area contributed by atoms with Gasteiger partial charge in [0.1, 0.15) is 11.6 Å². The van der Waals surface area contributed by atoms with Gasteiger partial charge in [-0.2, -0.15) is 0 Å². The van der Waals surface area contributed by atoms with E-state index in [1.807, 2.05) is 18.2 Å². The Morgan fingerprint density at radius 2 is 1.72 bits per heavy atom. The summed E-state index contributed by atoms with van der Waals surface area (Å²) in [7, 11) is 0. The molecule has 1 amide bonds. The smallest absolute Gasteiger partial charge is 0.255 e. The Morgan fingerprint density at radius 3 is 2.53 bits per heavy atom. The normalized spacial score (nSPS) is 13.5. The zero-order valence-electron chi connectivity index (χ0n) is 20.1. The summed E-state index contributed by atoms with van der Waals surface area (Å²) in [5.74, 6) is -0.233. The van der Waals surface area contributed by atoms with Crippen LogP contribution in [0.2, 0.25) is 0 Å². The first-order valence-electron chi connectivity index (χ1n) is 12.3. The summed E-state index contributed by atoms with van der Waals surface area (Å²) < 4.78 is 13.6. The Bertz CT molecular complexity index is 1330. The molecule has 36 heavy (non-hydrogen) atoms. The van der Waals surface area contributed by atoms with Crippen molar-refractivity contribution in [3.8, 4) is 11.1 Å². The van der Waals surface area contributed by atoms with Crippen LogP contribution in [0.1, 0.15) is 34.3 Å². The van der Waals surface area contributed by atoms with Crippen molar-refractivity contribution in [2.24, 2.45) is 0 Å². The lowest BCUT2D eigenvalue weighted by Gasteiger charge is -2.16. The molecule has 2 heterocycles. The lowest BCUT2D eigenvalue weighted by molar-refractivity contribution is 0.0951. The van der Waals surface area contributed by atoms with Crippen LogP contribution in [0, 0.1) is 5.82 Å². The molecule has 0 unspecified atom stereocenters. The van der Waals surface area contributed by atoms with Gasteiger partial charge in [-0.1, -0.05) is 54.6 Å². The largest absolute Gasteiger partial charge is 0.348 e. The Balaban J connectivity index is 1.28. The highest BCUT2D eigenvalue weighted by Gasteiger charge is 2.15. The van der Waals surface area contributed by atoms with E-state index in [0.717, 1.165) is 23.2 Å². The number of benzene rings is 3. The second-order valence-corrected chi connectivity index (χ2v) is 9.05. The van der Waals surface area contributed by atoms with Gasteiger partial charge in [0.25, 0.3) is 5.91 Å². The van der Waals surface area contributed by atoms with E-state index in [0.29, 0.717) is 23.6 Å². The number of carbonyl (C=O) groups excluding carboxylic acids is 1. The monoisotopic (exact) mass is 480 g/mol. The number of hydrogen-bond donors (Lipinski definition) is 2. The van der Waals surface area contributed by atoms with Crippen molar-refractivity contribution in [2.75, 3.05) is 18.4 Å². The molecule has 2 N–H and O–H groups in total. The van der Waals surface area contributed by atoms with E-state index < -0.39 is 0 Å². The minimum Gasteiger partial charge on any atom is -0.348 e. The molecule has 4 aromatic rings. The second kappa shape index (κ2) is 11.1. The molecular formula is C30H29FN4O. The summed E-state index contributed by atoms with van der Waals surface area (Å²) in [6.45, 7) is 3.73. The molecule has 1 saturated heterocycles. The molecule has 0 saturated carbocycles. The average Bonchev–Trinajstić information content (AvgIpc) is 3.41. The van der Waals surface area contributed by atoms with Crippen molar-refractivity contribution in [2.45, 2.75) is 25.9 Å². The van der Waals surface area contributed by atoms with Crippen LogP contribution in [0.15, 0.2) is 91.1 Å². The molecular weight excluding hydrogens is 451 g/mol. The molecule has 1 aliphatic rings. The maximum atomic E-state index is 13.6. The summed E-state index contributed by atoms with van der Waals surface area (Å²) in [5.41, 5.74) is 5.49. The number of anilines is 2. The topological polar surface area (TPSA) is 57.3 Å². The lowest BCUT2D eigenvalue weighted by Crippen LogP contribution is -2.24. The minimum atomic E-state index is -0.359. The number of nitrogens with zero attached hydrogens (tertiary/aromatic N) is 2. The van der Waals surface area contributed by atoms with Gasteiger partial charge in [0.05, 0.1) is 5.56 Å². The van der Waals surface area contributed by atoms with Crippen LogP contribution in [0.3, 0.4) is 0 Å². The number of nitrogens with one attached hydrogen (secondary N) is 2. The highest BCUT2D eigenvalue weighted by molar-refractivity contribution is 5.99. The van der Waals surface area contributed by atoms with Crippen molar-refractivity contribution < 1.29 is 9.18 Å². The van der Waals surface area contributed by atoms with Crippen LogP contribution in [-0.4, -0.2) is 28.9 Å². The van der Waals surface area contributed by atoms with Crippen LogP contribution in [0.4, 0.5) is 15.9 Å². The Labute approximate surface area is 211 Å². The van der Waals surface area contributed by atoms with E-state index in [1.165, 1.54) is 43.6 Å². The predicted molar refractivity (Wildman–Crippen MR) is 141 cm³/mol. The number of likely N-dealkylation sites (tertiary alicyclic amines) is 1. The maximum absolute atomic E-state index is 13.6. The Hall–Kier alpha value is -4.03. The molecule has 5 nitrogen and oxygen atoms in total. The van der Waals surface area contributed by atoms with E-state index in [2.05, 4.69) is 50.8 Å². The molecule has 0 bridgehead atoms. The SMILES string of the molecule is O=C(NCc1ccccc1-c1ccc(CN2CCCC2)cc1)c1cccnc1Nc1cccc(F)c1. The van der Waals surface area contributed by atoms with Gasteiger partial charge in [-0.25, -0.2) is 9.37 Å². The maximum Gasteiger partial charge on any atom is 0.255 e. The van der Waals surface area contributed by atoms with Crippen molar-refractivity contribution >= 4 is 17.4 Å². The lowest BCUT2D eigenvalue weighted by atomic mass is 9.98. The fourth-order valence-electron chi connectivity index (χ4n) is 4.61. The van der Waals surface area contributed by atoms with Gasteiger partial charge in [-0.05, 0) is 78.5 Å². The molecule has 6 heteroatoms. The number of aromatic nitrogens is 1. The number of amides is 1. The van der Waals surface area contributed by atoms with Gasteiger partial charge in [0, 0.05) is 25.0 Å². The van der Waals surface area contributed by atoms with Gasteiger partial charge < -0.3 is 10.6 Å². The first-order valence-corrected chi connectivity index (χ1v) is 12.3. The van der Waals surface area contributed by atoms with Crippen LogP contribution in [-0.2, 0) is 13.1 Å². The van der Waals surface area contributed by atoms with Crippen molar-refractivity contribution in [1.82, 2.24) is 15.2 Å². The average molecular weight is 481 g/mol. The highest BCUT2D eigenvalue weighted by Crippen LogP contribution is 2.25. The van der Waals surface area contributed by atoms with Crippen molar-refractivity contribution in [1.29, 1.82) is 0 Å². The third-order valence-corrected chi connectivity index (χ3v) is 6.47. The first kappa shape index (κ1) is 23.7. The van der Waals surface area contributed by atoms with E-state index in [9.17, 15) is 9.18 Å². The van der Waals surface area contributed by atoms with Gasteiger partial charge in [0.2, 0.25) is 0 Å². The quantitative estimate of drug-likeness (QED) is 0.317. The number of hydrogen-bond acceptors (Lipinski definition) is 4. The molecule has 1 aromatic heterocycles. The third kappa shape index (κ3) is 5.78. The molecule has 5 rings (SSSR count). The third-order valence-electron chi connectivity index (χ3n) is 6.47. The zero-order valence-corrected chi connectivity index (χ0v) is 20.1. The number of carbonyl (C=O) groups is 1. The summed E-state index contributed by atoms with van der Waals surface area (Å²) in [6.07, 6.45) is 4.18. The van der Waals surface area contributed by atoms with E-state index >= 15 is 0 Å². The van der Waals surface area contributed by atoms with Crippen LogP contribution >= 0.6 is 0 Å². The van der Waals surface area contributed by atoms with Gasteiger partial charge >= 0.3 is 0 Å². The summed E-state index contributed by atoms with van der Waals surface area (Å²) >= 11 is 0. The Kier molecular flexibility index (Phi) is 7.33. The van der Waals surface area contributed by atoms with Gasteiger partial charge in [-0.3, -0.25) is 9.69 Å². The Morgan fingerprint density at radius 1 is 0.917 bits per heavy atom. The number of halogens is 1. The fraction of sp³-hybridized carbons (Fsp3) is 0.200. The predicted octanol–water partition coefficient (Wildman–Crippen LogP) is 6.16. The second-order valence-electron chi connectivity index (χ2n) is 9.05. The zero-order chi connectivity index (χ0) is 24.7. The molecule has 1 aliphatic heterocycles.